The Morgan fingerprint density at radius 2 is 1.67 bits per heavy atom. The Bertz CT molecular complexity index is 360. The first kappa shape index (κ1) is 11.8. The molecule has 0 saturated heterocycles. The summed E-state index contributed by atoms with van der Waals surface area (Å²) < 4.78 is 24.2. The van der Waals surface area contributed by atoms with E-state index in [9.17, 15) is 13.6 Å². The molecule has 0 aromatic heterocycles. The van der Waals surface area contributed by atoms with Crippen LogP contribution >= 0.6 is 0 Å². The molecule has 15 heavy (non-hydrogen) atoms. The van der Waals surface area contributed by atoms with Crippen molar-refractivity contribution in [2.75, 3.05) is 0 Å². The van der Waals surface area contributed by atoms with Gasteiger partial charge < -0.3 is 0 Å². The Hall–Kier alpha value is -1.25. The van der Waals surface area contributed by atoms with Crippen LogP contribution in [0.5, 0.6) is 0 Å². The molecule has 0 amide bonds. The van der Waals surface area contributed by atoms with Crippen LogP contribution in [0.25, 0.3) is 0 Å². The van der Waals surface area contributed by atoms with Crippen molar-refractivity contribution in [1.29, 1.82) is 0 Å². The van der Waals surface area contributed by atoms with E-state index in [2.05, 4.69) is 0 Å². The maximum Gasteiger partial charge on any atom is 0.296 e. The second-order valence-corrected chi connectivity index (χ2v) is 3.82. The largest absolute Gasteiger partial charge is 0.296 e. The molecule has 0 aliphatic carbocycles. The number of alkyl halides is 2. The van der Waals surface area contributed by atoms with E-state index in [0.717, 1.165) is 22.3 Å². The maximum atomic E-state index is 12.1. The van der Waals surface area contributed by atoms with Gasteiger partial charge in [-0.3, -0.25) is 4.79 Å². The summed E-state index contributed by atoms with van der Waals surface area (Å²) >= 11 is 0. The lowest BCUT2D eigenvalue weighted by Crippen LogP contribution is -2.14. The molecule has 0 fully saturated rings. The summed E-state index contributed by atoms with van der Waals surface area (Å²) in [4.78, 5) is 11.0. The molecule has 0 aliphatic heterocycles. The maximum absolute atomic E-state index is 12.1. The number of halogens is 2. The predicted octanol–water partition coefficient (Wildman–Crippen LogP) is 2.99. The van der Waals surface area contributed by atoms with Crippen LogP contribution in [-0.2, 0) is 11.2 Å². The van der Waals surface area contributed by atoms with Crippen LogP contribution in [-0.4, -0.2) is 12.2 Å². The van der Waals surface area contributed by atoms with Crippen molar-refractivity contribution in [3.63, 3.8) is 0 Å². The fourth-order valence-corrected chi connectivity index (χ4v) is 1.74. The molecule has 0 unspecified atom stereocenters. The SMILES string of the molecule is Cc1cc(C)c(CC(=O)C(F)F)c(C)c1. The van der Waals surface area contributed by atoms with Crippen LogP contribution in [0.4, 0.5) is 8.78 Å². The number of hydrogen-bond donors (Lipinski definition) is 0. The van der Waals surface area contributed by atoms with Gasteiger partial charge in [-0.25, -0.2) is 8.78 Å². The van der Waals surface area contributed by atoms with Gasteiger partial charge in [0.05, 0.1) is 0 Å². The molecule has 1 aromatic rings. The van der Waals surface area contributed by atoms with Gasteiger partial charge in [0.2, 0.25) is 5.78 Å². The first-order chi connectivity index (χ1) is 6.91. The van der Waals surface area contributed by atoms with Crippen molar-refractivity contribution < 1.29 is 13.6 Å². The van der Waals surface area contributed by atoms with Crippen LogP contribution in [0.3, 0.4) is 0 Å². The number of benzene rings is 1. The third-order valence-corrected chi connectivity index (χ3v) is 2.43. The second kappa shape index (κ2) is 4.51. The normalized spacial score (nSPS) is 10.8. The standard InChI is InChI=1S/C12H14F2O/c1-7-4-8(2)10(9(3)5-7)6-11(15)12(13)14/h4-5,12H,6H2,1-3H3. The lowest BCUT2D eigenvalue weighted by atomic mass is 9.96. The summed E-state index contributed by atoms with van der Waals surface area (Å²) in [5.41, 5.74) is 3.62. The van der Waals surface area contributed by atoms with E-state index < -0.39 is 12.2 Å². The summed E-state index contributed by atoms with van der Waals surface area (Å²) in [6.45, 7) is 5.63. The molecule has 0 saturated carbocycles. The van der Waals surface area contributed by atoms with E-state index in [1.54, 1.807) is 0 Å². The fraction of sp³-hybridized carbons (Fsp3) is 0.417. The van der Waals surface area contributed by atoms with Gasteiger partial charge in [-0.15, -0.1) is 0 Å². The van der Waals surface area contributed by atoms with Crippen LogP contribution in [0.1, 0.15) is 22.3 Å². The Labute approximate surface area is 88.1 Å². The molecule has 1 rings (SSSR count). The monoisotopic (exact) mass is 212 g/mol. The molecule has 1 aromatic carbocycles. The smallest absolute Gasteiger partial charge is 0.293 e. The van der Waals surface area contributed by atoms with Crippen LogP contribution in [0.15, 0.2) is 12.1 Å². The molecule has 82 valence electrons. The Morgan fingerprint density at radius 1 is 1.20 bits per heavy atom. The lowest BCUT2D eigenvalue weighted by molar-refractivity contribution is -0.128. The van der Waals surface area contributed by atoms with Gasteiger partial charge in [-0.2, -0.15) is 0 Å². The van der Waals surface area contributed by atoms with Gasteiger partial charge in [0.25, 0.3) is 6.43 Å². The highest BCUT2D eigenvalue weighted by Crippen LogP contribution is 2.18. The topological polar surface area (TPSA) is 17.1 Å². The van der Waals surface area contributed by atoms with Crippen molar-refractivity contribution in [2.24, 2.45) is 0 Å². The van der Waals surface area contributed by atoms with Gasteiger partial charge in [0.1, 0.15) is 0 Å². The molecule has 0 aliphatic rings. The molecule has 0 spiro atoms. The Morgan fingerprint density at radius 3 is 2.07 bits per heavy atom. The highest BCUT2D eigenvalue weighted by Gasteiger charge is 2.17. The van der Waals surface area contributed by atoms with E-state index in [-0.39, 0.29) is 6.42 Å². The molecule has 0 bridgehead atoms. The quantitative estimate of drug-likeness (QED) is 0.752. The van der Waals surface area contributed by atoms with Crippen LogP contribution < -0.4 is 0 Å². The molecule has 0 N–H and O–H groups in total. The number of carbonyl (C=O) groups excluding carboxylic acids is 1. The van der Waals surface area contributed by atoms with Crippen molar-refractivity contribution in [3.8, 4) is 0 Å². The molecular weight excluding hydrogens is 198 g/mol. The Balaban J connectivity index is 3.00. The number of aryl methyl sites for hydroxylation is 3. The lowest BCUT2D eigenvalue weighted by Gasteiger charge is -2.10. The van der Waals surface area contributed by atoms with Gasteiger partial charge in [0, 0.05) is 6.42 Å². The summed E-state index contributed by atoms with van der Waals surface area (Å²) in [5.74, 6) is -1.01. The fourth-order valence-electron chi connectivity index (χ4n) is 1.74. The predicted molar refractivity (Wildman–Crippen MR) is 55.4 cm³/mol. The first-order valence-electron chi connectivity index (χ1n) is 4.79. The summed E-state index contributed by atoms with van der Waals surface area (Å²) in [6.07, 6.45) is -3.04. The van der Waals surface area contributed by atoms with Crippen molar-refractivity contribution in [1.82, 2.24) is 0 Å². The number of rotatable bonds is 3. The molecule has 0 radical (unpaired) electrons. The minimum atomic E-state index is -2.87. The van der Waals surface area contributed by atoms with E-state index in [1.807, 2.05) is 32.9 Å². The van der Waals surface area contributed by atoms with Crippen molar-refractivity contribution >= 4 is 5.78 Å². The summed E-state index contributed by atoms with van der Waals surface area (Å²) in [6, 6.07) is 3.81. The molecule has 0 atom stereocenters. The van der Waals surface area contributed by atoms with E-state index >= 15 is 0 Å². The first-order valence-corrected chi connectivity index (χ1v) is 4.79. The number of Topliss-reactive ketones (excluding diaryl/α,β-unsaturated/α-hetero) is 1. The van der Waals surface area contributed by atoms with E-state index in [1.165, 1.54) is 0 Å². The van der Waals surface area contributed by atoms with Crippen LogP contribution in [0, 0.1) is 20.8 Å². The highest BCUT2D eigenvalue weighted by molar-refractivity contribution is 5.84. The minimum Gasteiger partial charge on any atom is -0.293 e. The highest BCUT2D eigenvalue weighted by atomic mass is 19.3. The minimum absolute atomic E-state index is 0.171. The summed E-state index contributed by atoms with van der Waals surface area (Å²) in [5, 5.41) is 0. The zero-order valence-corrected chi connectivity index (χ0v) is 9.10. The van der Waals surface area contributed by atoms with Gasteiger partial charge >= 0.3 is 0 Å². The number of hydrogen-bond acceptors (Lipinski definition) is 1. The van der Waals surface area contributed by atoms with Gasteiger partial charge in [-0.05, 0) is 37.5 Å². The average molecular weight is 212 g/mol. The van der Waals surface area contributed by atoms with Gasteiger partial charge in [0.15, 0.2) is 0 Å². The van der Waals surface area contributed by atoms with Gasteiger partial charge in [-0.1, -0.05) is 17.7 Å². The van der Waals surface area contributed by atoms with E-state index in [0.29, 0.717) is 0 Å². The molecule has 0 heterocycles. The van der Waals surface area contributed by atoms with Crippen molar-refractivity contribution in [2.45, 2.75) is 33.6 Å². The van der Waals surface area contributed by atoms with E-state index in [4.69, 9.17) is 0 Å². The Kier molecular flexibility index (Phi) is 3.56. The zero-order chi connectivity index (χ0) is 11.6. The zero-order valence-electron chi connectivity index (χ0n) is 9.10. The molecule has 1 nitrogen and oxygen atoms in total. The molecule has 3 heteroatoms. The molecular formula is C12H14F2O. The van der Waals surface area contributed by atoms with Crippen molar-refractivity contribution in [3.05, 3.63) is 34.4 Å². The summed E-state index contributed by atoms with van der Waals surface area (Å²) in [7, 11) is 0. The second-order valence-electron chi connectivity index (χ2n) is 3.82. The number of ketones is 1. The third-order valence-electron chi connectivity index (χ3n) is 2.43. The third kappa shape index (κ3) is 2.85. The number of carbonyl (C=O) groups is 1. The average Bonchev–Trinajstić information content (AvgIpc) is 2.10. The van der Waals surface area contributed by atoms with Crippen LogP contribution in [0.2, 0.25) is 0 Å².